The lowest BCUT2D eigenvalue weighted by molar-refractivity contribution is 0.946. The summed E-state index contributed by atoms with van der Waals surface area (Å²) < 4.78 is 2.05. The van der Waals surface area contributed by atoms with Gasteiger partial charge in [0.2, 0.25) is 0 Å². The molecule has 0 bridgehead atoms. The number of hydrogen-bond donors (Lipinski definition) is 0. The van der Waals surface area contributed by atoms with E-state index >= 15 is 0 Å². The van der Waals surface area contributed by atoms with Crippen molar-refractivity contribution >= 4 is 45.2 Å². The Morgan fingerprint density at radius 3 is 1.75 bits per heavy atom. The second kappa shape index (κ2) is 3.90. The number of fused-ring (bicyclic) bond motifs is 3. The van der Waals surface area contributed by atoms with E-state index in [1.165, 1.54) is 11.1 Å². The predicted molar refractivity (Wildman–Crippen MR) is 80.4 cm³/mol. The highest BCUT2D eigenvalue weighted by molar-refractivity contribution is 14.1. The van der Waals surface area contributed by atoms with Gasteiger partial charge >= 0.3 is 0 Å². The van der Waals surface area contributed by atoms with Gasteiger partial charge in [-0.15, -0.1) is 0 Å². The highest BCUT2D eigenvalue weighted by atomic mass is 127. The fourth-order valence-electron chi connectivity index (χ4n) is 2.14. The summed E-state index contributed by atoms with van der Waals surface area (Å²) in [6.07, 6.45) is 0. The fourth-order valence-corrected chi connectivity index (χ4v) is 2.98. The van der Waals surface area contributed by atoms with Gasteiger partial charge in [0.25, 0.3) is 0 Å². The lowest BCUT2D eigenvalue weighted by Gasteiger charge is -2.04. The Morgan fingerprint density at radius 2 is 1.31 bits per heavy atom. The van der Waals surface area contributed by atoms with Gasteiger partial charge in [-0.3, -0.25) is 0 Å². The molecule has 16 heavy (non-hydrogen) atoms. The molecule has 1 aliphatic rings. The van der Waals surface area contributed by atoms with E-state index < -0.39 is 0 Å². The van der Waals surface area contributed by atoms with Gasteiger partial charge in [0.15, 0.2) is 0 Å². The topological polar surface area (TPSA) is 25.8 Å². The van der Waals surface area contributed by atoms with E-state index in [-0.39, 0.29) is 0 Å². The maximum absolute atomic E-state index is 4.61. The van der Waals surface area contributed by atoms with Crippen LogP contribution in [0.3, 0.4) is 0 Å². The van der Waals surface area contributed by atoms with Crippen LogP contribution in [0.25, 0.3) is 11.4 Å². The number of halogens is 2. The number of nitrogens with zero attached hydrogens (tertiary/aromatic N) is 2. The first-order valence-electron chi connectivity index (χ1n) is 5.00. The second-order valence-electron chi connectivity index (χ2n) is 3.87. The van der Waals surface area contributed by atoms with Crippen LogP contribution in [0.15, 0.2) is 24.3 Å². The van der Waals surface area contributed by atoms with Crippen molar-refractivity contribution in [3.8, 4) is 11.4 Å². The fraction of sp³-hybridized carbons (Fsp3) is 0.167. The van der Waals surface area contributed by atoms with Gasteiger partial charge in [-0.1, -0.05) is 19.1 Å². The first kappa shape index (κ1) is 10.9. The molecule has 2 heterocycles. The summed E-state index contributed by atoms with van der Waals surface area (Å²) in [5.41, 5.74) is 4.72. The molecule has 1 aliphatic carbocycles. The van der Waals surface area contributed by atoms with Crippen LogP contribution in [-0.4, -0.2) is 9.97 Å². The molecule has 0 radical (unpaired) electrons. The third-order valence-corrected chi connectivity index (χ3v) is 4.14. The Labute approximate surface area is 121 Å². The quantitative estimate of drug-likeness (QED) is 0.466. The zero-order chi connectivity index (χ0) is 11.3. The molecule has 0 N–H and O–H groups in total. The molecule has 2 nitrogen and oxygen atoms in total. The maximum Gasteiger partial charge on any atom is 0.102 e. The van der Waals surface area contributed by atoms with Crippen LogP contribution in [-0.2, 0) is 0 Å². The van der Waals surface area contributed by atoms with Crippen molar-refractivity contribution in [2.75, 3.05) is 0 Å². The molecule has 2 aromatic rings. The van der Waals surface area contributed by atoms with Crippen LogP contribution in [0.4, 0.5) is 0 Å². The molecule has 2 aromatic heterocycles. The number of hydrogen-bond acceptors (Lipinski definition) is 2. The van der Waals surface area contributed by atoms with E-state index in [9.17, 15) is 0 Å². The summed E-state index contributed by atoms with van der Waals surface area (Å²) in [5, 5.41) is 0. The van der Waals surface area contributed by atoms with Crippen LogP contribution in [0, 0.1) is 7.40 Å². The Bertz CT molecular complexity index is 530. The van der Waals surface area contributed by atoms with Crippen LogP contribution < -0.4 is 0 Å². The number of rotatable bonds is 0. The van der Waals surface area contributed by atoms with Gasteiger partial charge in [0.1, 0.15) is 7.40 Å². The summed E-state index contributed by atoms with van der Waals surface area (Å²) in [6, 6.07) is 8.46. The van der Waals surface area contributed by atoms with Crippen LogP contribution in [0.5, 0.6) is 0 Å². The highest BCUT2D eigenvalue weighted by Gasteiger charge is 2.28. The minimum atomic E-state index is 0.416. The van der Waals surface area contributed by atoms with E-state index in [1.807, 2.05) is 0 Å². The molecule has 0 amide bonds. The molecule has 0 aliphatic heterocycles. The number of pyridine rings is 2. The molecule has 0 unspecified atom stereocenters. The Morgan fingerprint density at radius 1 is 0.875 bits per heavy atom. The van der Waals surface area contributed by atoms with Crippen LogP contribution in [0.2, 0.25) is 0 Å². The molecule has 80 valence electrons. The third-order valence-electron chi connectivity index (χ3n) is 2.94. The summed E-state index contributed by atoms with van der Waals surface area (Å²) in [6.45, 7) is 2.22. The molecular formula is C12H8I2N2. The van der Waals surface area contributed by atoms with E-state index in [0.717, 1.165) is 18.8 Å². The van der Waals surface area contributed by atoms with Gasteiger partial charge in [0, 0.05) is 5.92 Å². The van der Waals surface area contributed by atoms with E-state index in [1.54, 1.807) is 0 Å². The summed E-state index contributed by atoms with van der Waals surface area (Å²) in [4.78, 5) is 9.21. The average molecular weight is 434 g/mol. The molecular weight excluding hydrogens is 426 g/mol. The molecule has 0 spiro atoms. The zero-order valence-corrected chi connectivity index (χ0v) is 12.9. The molecule has 0 atom stereocenters. The molecule has 3 rings (SSSR count). The first-order chi connectivity index (χ1) is 7.66. The Hall–Kier alpha value is -0.240. The van der Waals surface area contributed by atoms with Crippen molar-refractivity contribution in [3.63, 3.8) is 0 Å². The lowest BCUT2D eigenvalue weighted by atomic mass is 10.0. The van der Waals surface area contributed by atoms with E-state index in [4.69, 9.17) is 0 Å². The Balaban J connectivity index is 2.33. The standard InChI is InChI=1S/C12H8I2N2/c1-6-7-2-4-9(13)15-11(7)12-8(6)3-5-10(14)16-12/h2-6H,1H3. The van der Waals surface area contributed by atoms with Crippen molar-refractivity contribution in [3.05, 3.63) is 42.8 Å². The summed E-state index contributed by atoms with van der Waals surface area (Å²) in [7, 11) is 0. The van der Waals surface area contributed by atoms with Gasteiger partial charge < -0.3 is 0 Å². The zero-order valence-electron chi connectivity index (χ0n) is 8.54. The monoisotopic (exact) mass is 434 g/mol. The van der Waals surface area contributed by atoms with Gasteiger partial charge in [-0.05, 0) is 68.4 Å². The van der Waals surface area contributed by atoms with Gasteiger partial charge in [-0.2, -0.15) is 0 Å². The minimum absolute atomic E-state index is 0.416. The van der Waals surface area contributed by atoms with Crippen molar-refractivity contribution < 1.29 is 0 Å². The van der Waals surface area contributed by atoms with Crippen molar-refractivity contribution in [1.29, 1.82) is 0 Å². The molecule has 4 heteroatoms. The average Bonchev–Trinajstić information content (AvgIpc) is 2.52. The number of aromatic nitrogens is 2. The third kappa shape index (κ3) is 1.57. The maximum atomic E-state index is 4.61. The van der Waals surface area contributed by atoms with E-state index in [0.29, 0.717) is 5.92 Å². The largest absolute Gasteiger partial charge is 0.240 e. The first-order valence-corrected chi connectivity index (χ1v) is 7.16. The molecule has 0 fully saturated rings. The molecule has 0 aromatic carbocycles. The highest BCUT2D eigenvalue weighted by Crippen LogP contribution is 2.42. The smallest absolute Gasteiger partial charge is 0.102 e. The van der Waals surface area contributed by atoms with Crippen molar-refractivity contribution in [2.24, 2.45) is 0 Å². The second-order valence-corrected chi connectivity index (χ2v) is 6.08. The normalized spacial score (nSPS) is 13.7. The predicted octanol–water partition coefficient (Wildman–Crippen LogP) is 3.82. The SMILES string of the molecule is CC1c2ccc(I)nc2-c2nc(I)ccc21. The van der Waals surface area contributed by atoms with Crippen molar-refractivity contribution in [2.45, 2.75) is 12.8 Å². The van der Waals surface area contributed by atoms with Crippen LogP contribution >= 0.6 is 45.2 Å². The molecule has 0 saturated heterocycles. The summed E-state index contributed by atoms with van der Waals surface area (Å²) >= 11 is 4.49. The minimum Gasteiger partial charge on any atom is -0.240 e. The summed E-state index contributed by atoms with van der Waals surface area (Å²) in [5.74, 6) is 0.416. The van der Waals surface area contributed by atoms with Crippen molar-refractivity contribution in [1.82, 2.24) is 9.97 Å². The van der Waals surface area contributed by atoms with E-state index in [2.05, 4.69) is 86.3 Å². The Kier molecular flexibility index (Phi) is 2.66. The van der Waals surface area contributed by atoms with Gasteiger partial charge in [0.05, 0.1) is 11.4 Å². The van der Waals surface area contributed by atoms with Gasteiger partial charge in [-0.25, -0.2) is 9.97 Å². The van der Waals surface area contributed by atoms with Crippen LogP contribution in [0.1, 0.15) is 24.0 Å². The molecule has 0 saturated carbocycles. The lowest BCUT2D eigenvalue weighted by Crippen LogP contribution is -1.90.